The molecular formula is C22H19N3O2S. The van der Waals surface area contributed by atoms with Gasteiger partial charge < -0.3 is 4.57 Å². The number of hydrogen-bond donors (Lipinski definition) is 2. The van der Waals surface area contributed by atoms with Crippen molar-refractivity contribution in [3.63, 3.8) is 0 Å². The van der Waals surface area contributed by atoms with Crippen LogP contribution in [0.4, 0.5) is 0 Å². The van der Waals surface area contributed by atoms with E-state index in [0.717, 1.165) is 34.1 Å². The van der Waals surface area contributed by atoms with Gasteiger partial charge in [0, 0.05) is 11.3 Å². The number of hydroxylamine groups is 1. The minimum Gasteiger partial charge on any atom is -0.314 e. The minimum atomic E-state index is -0.510. The Morgan fingerprint density at radius 1 is 0.929 bits per heavy atom. The molecule has 3 aromatic carbocycles. The van der Waals surface area contributed by atoms with Crippen LogP contribution >= 0.6 is 11.8 Å². The van der Waals surface area contributed by atoms with Crippen LogP contribution in [0.5, 0.6) is 0 Å². The van der Waals surface area contributed by atoms with Gasteiger partial charge in [0.1, 0.15) is 0 Å². The quantitative estimate of drug-likeness (QED) is 0.290. The first kappa shape index (κ1) is 18.3. The molecule has 0 aliphatic rings. The zero-order chi connectivity index (χ0) is 19.3. The van der Waals surface area contributed by atoms with Crippen molar-refractivity contribution in [2.45, 2.75) is 17.5 Å². The Morgan fingerprint density at radius 3 is 2.39 bits per heavy atom. The van der Waals surface area contributed by atoms with E-state index in [2.05, 4.69) is 22.8 Å². The number of amides is 1. The van der Waals surface area contributed by atoms with Crippen LogP contribution in [-0.4, -0.2) is 20.7 Å². The highest BCUT2D eigenvalue weighted by Gasteiger charge is 2.12. The number of carbonyl (C=O) groups excluding carboxylic acids is 1. The van der Waals surface area contributed by atoms with E-state index in [4.69, 9.17) is 10.2 Å². The maximum atomic E-state index is 11.4. The number of nitrogens with zero attached hydrogens (tertiary/aromatic N) is 2. The van der Waals surface area contributed by atoms with Gasteiger partial charge in [-0.05, 0) is 35.4 Å². The number of carbonyl (C=O) groups is 1. The summed E-state index contributed by atoms with van der Waals surface area (Å²) in [6.45, 7) is 0.763. The van der Waals surface area contributed by atoms with Gasteiger partial charge in [-0.15, -0.1) is 0 Å². The second-order valence-electron chi connectivity index (χ2n) is 6.38. The molecule has 5 nitrogen and oxygen atoms in total. The number of fused-ring (bicyclic) bond motifs is 1. The number of thioether (sulfide) groups is 1. The predicted molar refractivity (Wildman–Crippen MR) is 111 cm³/mol. The Balaban J connectivity index is 1.58. The Kier molecular flexibility index (Phi) is 5.41. The van der Waals surface area contributed by atoms with Crippen molar-refractivity contribution < 1.29 is 10.0 Å². The molecule has 1 aromatic heterocycles. The summed E-state index contributed by atoms with van der Waals surface area (Å²) in [6, 6.07) is 25.7. The average Bonchev–Trinajstić information content (AvgIpc) is 3.10. The van der Waals surface area contributed by atoms with Gasteiger partial charge in [-0.1, -0.05) is 66.4 Å². The molecule has 0 unspecified atom stereocenters. The van der Waals surface area contributed by atoms with Gasteiger partial charge in [0.05, 0.1) is 17.6 Å². The fourth-order valence-electron chi connectivity index (χ4n) is 3.05. The van der Waals surface area contributed by atoms with E-state index < -0.39 is 5.91 Å². The number of para-hydroxylation sites is 2. The summed E-state index contributed by atoms with van der Waals surface area (Å²) in [5.41, 5.74) is 6.48. The molecule has 140 valence electrons. The fourth-order valence-corrected chi connectivity index (χ4v) is 4.02. The van der Waals surface area contributed by atoms with Crippen LogP contribution in [0.25, 0.3) is 11.0 Å². The number of imidazole rings is 1. The van der Waals surface area contributed by atoms with Crippen LogP contribution in [0, 0.1) is 0 Å². The number of aromatic nitrogens is 2. The summed E-state index contributed by atoms with van der Waals surface area (Å²) in [5, 5.41) is 9.68. The van der Waals surface area contributed by atoms with E-state index in [1.54, 1.807) is 29.4 Å². The lowest BCUT2D eigenvalue weighted by atomic mass is 10.1. The van der Waals surface area contributed by atoms with Crippen LogP contribution in [0.15, 0.2) is 84.0 Å². The summed E-state index contributed by atoms with van der Waals surface area (Å²) < 4.78 is 2.24. The monoisotopic (exact) mass is 389 g/mol. The van der Waals surface area contributed by atoms with Gasteiger partial charge in [0.2, 0.25) is 0 Å². The Hall–Kier alpha value is -3.09. The average molecular weight is 389 g/mol. The van der Waals surface area contributed by atoms with E-state index in [-0.39, 0.29) is 0 Å². The van der Waals surface area contributed by atoms with Gasteiger partial charge in [0.15, 0.2) is 5.16 Å². The summed E-state index contributed by atoms with van der Waals surface area (Å²) in [7, 11) is 0. The lowest BCUT2D eigenvalue weighted by Gasteiger charge is -2.09. The van der Waals surface area contributed by atoms with Gasteiger partial charge in [0.25, 0.3) is 5.91 Å². The molecular weight excluding hydrogens is 370 g/mol. The molecule has 0 aliphatic carbocycles. The van der Waals surface area contributed by atoms with Gasteiger partial charge in [-0.3, -0.25) is 10.0 Å². The van der Waals surface area contributed by atoms with E-state index in [0.29, 0.717) is 5.56 Å². The van der Waals surface area contributed by atoms with Crippen molar-refractivity contribution in [2.24, 2.45) is 0 Å². The standard InChI is InChI=1S/C22H19N3O2S/c26-21(24-27)18-12-10-17(11-13-18)15-28-22-23-19-8-4-5-9-20(19)25(22)14-16-6-2-1-3-7-16/h1-13,27H,14-15H2,(H,24,26). The smallest absolute Gasteiger partial charge is 0.274 e. The Morgan fingerprint density at radius 2 is 1.64 bits per heavy atom. The van der Waals surface area contributed by atoms with E-state index in [1.807, 2.05) is 48.5 Å². The molecule has 0 spiro atoms. The maximum Gasteiger partial charge on any atom is 0.274 e. The predicted octanol–water partition coefficient (Wildman–Crippen LogP) is 4.50. The molecule has 0 saturated carbocycles. The largest absolute Gasteiger partial charge is 0.314 e. The van der Waals surface area contributed by atoms with Crippen LogP contribution in [0.3, 0.4) is 0 Å². The van der Waals surface area contributed by atoms with E-state index in [1.165, 1.54) is 5.56 Å². The zero-order valence-corrected chi connectivity index (χ0v) is 15.9. The molecule has 1 heterocycles. The van der Waals surface area contributed by atoms with Crippen molar-refractivity contribution in [3.8, 4) is 0 Å². The molecule has 0 bridgehead atoms. The van der Waals surface area contributed by atoms with Crippen molar-refractivity contribution in [1.29, 1.82) is 0 Å². The zero-order valence-electron chi connectivity index (χ0n) is 15.1. The summed E-state index contributed by atoms with van der Waals surface area (Å²) in [4.78, 5) is 16.3. The second-order valence-corrected chi connectivity index (χ2v) is 7.32. The lowest BCUT2D eigenvalue weighted by molar-refractivity contribution is 0.0706. The topological polar surface area (TPSA) is 67.2 Å². The normalized spacial score (nSPS) is 10.9. The minimum absolute atomic E-state index is 0.424. The number of rotatable bonds is 6. The van der Waals surface area contributed by atoms with Crippen molar-refractivity contribution in [1.82, 2.24) is 15.0 Å². The molecule has 0 radical (unpaired) electrons. The van der Waals surface area contributed by atoms with Crippen LogP contribution in [0.2, 0.25) is 0 Å². The molecule has 0 atom stereocenters. The second kappa shape index (κ2) is 8.29. The number of nitrogens with one attached hydrogen (secondary N) is 1. The van der Waals surface area contributed by atoms with Crippen LogP contribution in [0.1, 0.15) is 21.5 Å². The SMILES string of the molecule is O=C(NO)c1ccc(CSc2nc3ccccc3n2Cc2ccccc2)cc1. The van der Waals surface area contributed by atoms with Crippen LogP contribution in [-0.2, 0) is 12.3 Å². The third kappa shape index (κ3) is 3.93. The van der Waals surface area contributed by atoms with Gasteiger partial charge in [-0.2, -0.15) is 0 Å². The highest BCUT2D eigenvalue weighted by atomic mass is 32.2. The first-order valence-electron chi connectivity index (χ1n) is 8.90. The maximum absolute atomic E-state index is 11.4. The molecule has 1 amide bonds. The van der Waals surface area contributed by atoms with Crippen molar-refractivity contribution in [3.05, 3.63) is 95.6 Å². The third-order valence-electron chi connectivity index (χ3n) is 4.49. The molecule has 0 fully saturated rings. The summed E-state index contributed by atoms with van der Waals surface area (Å²) in [6.07, 6.45) is 0. The fraction of sp³-hybridized carbons (Fsp3) is 0.0909. The molecule has 0 aliphatic heterocycles. The molecule has 4 rings (SSSR count). The molecule has 4 aromatic rings. The van der Waals surface area contributed by atoms with Crippen LogP contribution < -0.4 is 5.48 Å². The Labute approximate surface area is 167 Å². The molecule has 28 heavy (non-hydrogen) atoms. The first-order chi connectivity index (χ1) is 13.7. The molecule has 6 heteroatoms. The van der Waals surface area contributed by atoms with Crippen molar-refractivity contribution >= 4 is 28.7 Å². The number of benzene rings is 3. The highest BCUT2D eigenvalue weighted by Crippen LogP contribution is 2.27. The van der Waals surface area contributed by atoms with Gasteiger partial charge in [-0.25, -0.2) is 10.5 Å². The Bertz CT molecular complexity index is 1090. The molecule has 2 N–H and O–H groups in total. The first-order valence-corrected chi connectivity index (χ1v) is 9.88. The summed E-state index contributed by atoms with van der Waals surface area (Å²) in [5.74, 6) is 0.225. The highest BCUT2D eigenvalue weighted by molar-refractivity contribution is 7.98. The summed E-state index contributed by atoms with van der Waals surface area (Å²) >= 11 is 1.67. The lowest BCUT2D eigenvalue weighted by Crippen LogP contribution is -2.18. The third-order valence-corrected chi connectivity index (χ3v) is 5.54. The van der Waals surface area contributed by atoms with E-state index >= 15 is 0 Å². The molecule has 0 saturated heterocycles. The van der Waals surface area contributed by atoms with Crippen molar-refractivity contribution in [2.75, 3.05) is 0 Å². The number of hydrogen-bond acceptors (Lipinski definition) is 4. The van der Waals surface area contributed by atoms with Gasteiger partial charge >= 0.3 is 0 Å². The van der Waals surface area contributed by atoms with E-state index in [9.17, 15) is 4.79 Å².